The molecule has 100 valence electrons. The molecule has 20 heavy (non-hydrogen) atoms. The molecule has 3 rings (SSSR count). The normalized spacial score (nSPS) is 10.7. The lowest BCUT2D eigenvalue weighted by Gasteiger charge is -2.09. The van der Waals surface area contributed by atoms with Crippen LogP contribution < -0.4 is 4.74 Å². The summed E-state index contributed by atoms with van der Waals surface area (Å²) in [7, 11) is 0. The zero-order valence-corrected chi connectivity index (χ0v) is 11.8. The maximum absolute atomic E-state index is 5.98. The molecule has 4 heteroatoms. The molecule has 0 saturated heterocycles. The summed E-state index contributed by atoms with van der Waals surface area (Å²) in [5, 5.41) is 2.57. The van der Waals surface area contributed by atoms with Gasteiger partial charge in [0.15, 0.2) is 0 Å². The Bertz CT molecular complexity index is 753. The van der Waals surface area contributed by atoms with Crippen molar-refractivity contribution in [2.45, 2.75) is 13.3 Å². The van der Waals surface area contributed by atoms with E-state index in [1.54, 1.807) is 6.07 Å². The third-order valence-electron chi connectivity index (χ3n) is 3.00. The van der Waals surface area contributed by atoms with Gasteiger partial charge in [0.1, 0.15) is 16.7 Å². The number of aromatic nitrogens is 2. The minimum absolute atomic E-state index is 0.395. The predicted molar refractivity (Wildman–Crippen MR) is 80.4 cm³/mol. The van der Waals surface area contributed by atoms with Gasteiger partial charge in [0.25, 0.3) is 0 Å². The lowest BCUT2D eigenvalue weighted by atomic mass is 10.1. The van der Waals surface area contributed by atoms with Gasteiger partial charge >= 0.3 is 0 Å². The van der Waals surface area contributed by atoms with Crippen LogP contribution in [0, 0.1) is 0 Å². The van der Waals surface area contributed by atoms with Crippen molar-refractivity contribution in [1.82, 2.24) is 9.97 Å². The van der Waals surface area contributed by atoms with Crippen molar-refractivity contribution in [3.8, 4) is 11.6 Å². The minimum Gasteiger partial charge on any atom is -0.438 e. The summed E-state index contributed by atoms with van der Waals surface area (Å²) >= 11 is 5.98. The molecule has 0 aliphatic rings. The van der Waals surface area contributed by atoms with Gasteiger partial charge in [-0.2, -0.15) is 4.98 Å². The predicted octanol–water partition coefficient (Wildman–Crippen LogP) is 4.64. The molecule has 1 heterocycles. The van der Waals surface area contributed by atoms with E-state index in [0.717, 1.165) is 16.5 Å². The zero-order chi connectivity index (χ0) is 13.9. The molecule has 0 fully saturated rings. The lowest BCUT2D eigenvalue weighted by molar-refractivity contribution is 0.464. The standard InChI is InChI=1S/C16H13ClN2O/c1-2-15-18-14(17)10-16(19-15)20-13-9-5-7-11-6-3-4-8-12(11)13/h3-10H,2H2,1H3. The molecule has 0 bridgehead atoms. The van der Waals surface area contributed by atoms with E-state index >= 15 is 0 Å². The van der Waals surface area contributed by atoms with Crippen LogP contribution in [-0.2, 0) is 6.42 Å². The number of nitrogens with zero attached hydrogens (tertiary/aromatic N) is 2. The molecule has 0 N–H and O–H groups in total. The van der Waals surface area contributed by atoms with E-state index in [1.165, 1.54) is 0 Å². The summed E-state index contributed by atoms with van der Waals surface area (Å²) in [6.07, 6.45) is 0.715. The Labute approximate surface area is 122 Å². The Morgan fingerprint density at radius 1 is 1.05 bits per heavy atom. The number of hydrogen-bond donors (Lipinski definition) is 0. The van der Waals surface area contributed by atoms with Crippen LogP contribution in [-0.4, -0.2) is 9.97 Å². The molecular weight excluding hydrogens is 272 g/mol. The van der Waals surface area contributed by atoms with Crippen molar-refractivity contribution in [1.29, 1.82) is 0 Å². The molecule has 3 nitrogen and oxygen atoms in total. The molecule has 2 aromatic carbocycles. The summed E-state index contributed by atoms with van der Waals surface area (Å²) in [6.45, 7) is 1.98. The first kappa shape index (κ1) is 12.9. The molecular formula is C16H13ClN2O. The van der Waals surface area contributed by atoms with Crippen LogP contribution in [0.3, 0.4) is 0 Å². The first-order valence-electron chi connectivity index (χ1n) is 6.45. The van der Waals surface area contributed by atoms with Crippen LogP contribution in [0.2, 0.25) is 5.15 Å². The second-order valence-electron chi connectivity index (χ2n) is 4.38. The van der Waals surface area contributed by atoms with Gasteiger partial charge in [-0.1, -0.05) is 54.9 Å². The fourth-order valence-electron chi connectivity index (χ4n) is 2.05. The first-order chi connectivity index (χ1) is 9.76. The topological polar surface area (TPSA) is 35.0 Å². The van der Waals surface area contributed by atoms with Crippen molar-refractivity contribution < 1.29 is 4.74 Å². The van der Waals surface area contributed by atoms with Crippen LogP contribution in [0.25, 0.3) is 10.8 Å². The summed E-state index contributed by atoms with van der Waals surface area (Å²) in [5.74, 6) is 1.91. The van der Waals surface area contributed by atoms with Crippen LogP contribution >= 0.6 is 11.6 Å². The zero-order valence-electron chi connectivity index (χ0n) is 11.0. The number of benzene rings is 2. The summed E-state index contributed by atoms with van der Waals surface area (Å²) in [5.41, 5.74) is 0. The Hall–Kier alpha value is -2.13. The van der Waals surface area contributed by atoms with Gasteiger partial charge in [-0.3, -0.25) is 0 Å². The van der Waals surface area contributed by atoms with E-state index in [1.807, 2.05) is 49.4 Å². The van der Waals surface area contributed by atoms with Gasteiger partial charge in [-0.15, -0.1) is 0 Å². The monoisotopic (exact) mass is 284 g/mol. The fourth-order valence-corrected chi connectivity index (χ4v) is 2.24. The number of ether oxygens (including phenoxy) is 1. The fraction of sp³-hybridized carbons (Fsp3) is 0.125. The summed E-state index contributed by atoms with van der Waals surface area (Å²) in [6, 6.07) is 15.6. The number of fused-ring (bicyclic) bond motifs is 1. The maximum atomic E-state index is 5.98. The van der Waals surface area contributed by atoms with Crippen LogP contribution in [0.4, 0.5) is 0 Å². The van der Waals surface area contributed by atoms with Gasteiger partial charge in [0, 0.05) is 17.9 Å². The Kier molecular flexibility index (Phi) is 3.52. The van der Waals surface area contributed by atoms with Gasteiger partial charge in [0.05, 0.1) is 0 Å². The number of rotatable bonds is 3. The lowest BCUT2D eigenvalue weighted by Crippen LogP contribution is -1.96. The Balaban J connectivity index is 2.03. The molecule has 0 aliphatic carbocycles. The molecule has 3 aromatic rings. The molecule has 0 amide bonds. The molecule has 0 radical (unpaired) electrons. The van der Waals surface area contributed by atoms with Gasteiger partial charge in [-0.05, 0) is 11.5 Å². The molecule has 0 atom stereocenters. The average molecular weight is 285 g/mol. The Morgan fingerprint density at radius 2 is 1.85 bits per heavy atom. The van der Waals surface area contributed by atoms with E-state index in [4.69, 9.17) is 16.3 Å². The molecule has 0 unspecified atom stereocenters. The SMILES string of the molecule is CCc1nc(Cl)cc(Oc2cccc3ccccc23)n1. The van der Waals surface area contributed by atoms with Crippen LogP contribution in [0.5, 0.6) is 11.6 Å². The van der Waals surface area contributed by atoms with E-state index in [2.05, 4.69) is 9.97 Å². The van der Waals surface area contributed by atoms with Crippen LogP contribution in [0.1, 0.15) is 12.7 Å². The molecule has 1 aromatic heterocycles. The van der Waals surface area contributed by atoms with Crippen molar-refractivity contribution in [2.24, 2.45) is 0 Å². The molecule has 0 saturated carbocycles. The van der Waals surface area contributed by atoms with Crippen LogP contribution in [0.15, 0.2) is 48.5 Å². The van der Waals surface area contributed by atoms with Crippen molar-refractivity contribution in [2.75, 3.05) is 0 Å². The molecule has 0 spiro atoms. The van der Waals surface area contributed by atoms with E-state index in [-0.39, 0.29) is 0 Å². The van der Waals surface area contributed by atoms with Crippen molar-refractivity contribution >= 4 is 22.4 Å². The quantitative estimate of drug-likeness (QED) is 0.657. The number of halogens is 1. The summed E-state index contributed by atoms with van der Waals surface area (Å²) < 4.78 is 5.88. The van der Waals surface area contributed by atoms with Gasteiger partial charge in [-0.25, -0.2) is 4.98 Å². The number of hydrogen-bond acceptors (Lipinski definition) is 3. The largest absolute Gasteiger partial charge is 0.438 e. The number of aryl methyl sites for hydroxylation is 1. The highest BCUT2D eigenvalue weighted by molar-refractivity contribution is 6.29. The van der Waals surface area contributed by atoms with Crippen molar-refractivity contribution in [3.63, 3.8) is 0 Å². The first-order valence-corrected chi connectivity index (χ1v) is 6.83. The highest BCUT2D eigenvalue weighted by atomic mass is 35.5. The van der Waals surface area contributed by atoms with Gasteiger partial charge in [0.2, 0.25) is 5.88 Å². The van der Waals surface area contributed by atoms with E-state index in [0.29, 0.717) is 23.3 Å². The Morgan fingerprint density at radius 3 is 2.70 bits per heavy atom. The van der Waals surface area contributed by atoms with Crippen molar-refractivity contribution in [3.05, 3.63) is 59.5 Å². The van der Waals surface area contributed by atoms with E-state index in [9.17, 15) is 0 Å². The minimum atomic E-state index is 0.395. The highest BCUT2D eigenvalue weighted by Gasteiger charge is 2.07. The third-order valence-corrected chi connectivity index (χ3v) is 3.19. The van der Waals surface area contributed by atoms with Gasteiger partial charge < -0.3 is 4.74 Å². The maximum Gasteiger partial charge on any atom is 0.224 e. The average Bonchev–Trinajstić information content (AvgIpc) is 2.47. The second kappa shape index (κ2) is 5.47. The summed E-state index contributed by atoms with van der Waals surface area (Å²) in [4.78, 5) is 8.47. The third kappa shape index (κ3) is 2.58. The van der Waals surface area contributed by atoms with E-state index < -0.39 is 0 Å². The smallest absolute Gasteiger partial charge is 0.224 e. The molecule has 0 aliphatic heterocycles. The highest BCUT2D eigenvalue weighted by Crippen LogP contribution is 2.29. The second-order valence-corrected chi connectivity index (χ2v) is 4.77.